The van der Waals surface area contributed by atoms with Gasteiger partial charge in [-0.05, 0) is 0 Å². The zero-order valence-corrected chi connectivity index (χ0v) is 12.4. The molecule has 0 unspecified atom stereocenters. The van der Waals surface area contributed by atoms with E-state index in [4.69, 9.17) is 60.3 Å². The number of halogens is 1. The van der Waals surface area contributed by atoms with E-state index in [1.807, 2.05) is 6.07 Å². The summed E-state index contributed by atoms with van der Waals surface area (Å²) in [6.07, 6.45) is 0. The van der Waals surface area contributed by atoms with Gasteiger partial charge in [-0.25, -0.2) is 0 Å². The molecule has 24 heavy (non-hydrogen) atoms. The van der Waals surface area contributed by atoms with Crippen LogP contribution < -0.4 is 4.24 Å². The Kier molecular flexibility index (Phi) is 29.4. The van der Waals surface area contributed by atoms with E-state index in [9.17, 15) is 4.39 Å². The summed E-state index contributed by atoms with van der Waals surface area (Å²) in [5.41, 5.74) is 0. The van der Waals surface area contributed by atoms with Crippen molar-refractivity contribution >= 4 is 51.2 Å². The summed E-state index contributed by atoms with van der Waals surface area (Å²) < 4.78 is 13.0. The first-order chi connectivity index (χ1) is 10.7. The van der Waals surface area contributed by atoms with Gasteiger partial charge in [-0.2, -0.15) is 0 Å². The first-order valence-electron chi connectivity index (χ1n) is 5.61. The first-order valence-corrected chi connectivity index (χ1v) is 5.61. The van der Waals surface area contributed by atoms with Gasteiger partial charge in [-0.15, -0.1) is 0 Å². The third-order valence-corrected chi connectivity index (χ3v) is 1.08. The van der Waals surface area contributed by atoms with Crippen LogP contribution in [0.3, 0.4) is 0 Å². The number of hydrogen-bond donors (Lipinski definition) is 12. The number of rotatable bonds is 0. The Morgan fingerprint density at radius 1 is 0.583 bits per heavy atom. The van der Waals surface area contributed by atoms with Crippen molar-refractivity contribution in [3.05, 3.63) is 30.1 Å². The maximum atomic E-state index is 12.3. The van der Waals surface area contributed by atoms with Gasteiger partial charge in [-0.1, -0.05) is 0 Å². The molecule has 0 aromatic heterocycles. The van der Waals surface area contributed by atoms with Crippen molar-refractivity contribution in [2.75, 3.05) is 0 Å². The summed E-state index contributed by atoms with van der Waals surface area (Å²) in [6, 6.07) is 6.70. The summed E-state index contributed by atoms with van der Waals surface area (Å²) in [4.78, 5) is 0. The van der Waals surface area contributed by atoms with Crippen LogP contribution in [0.2, 0.25) is 0 Å². The Morgan fingerprint density at radius 3 is 0.917 bits per heavy atom. The molecule has 12 nitrogen and oxygen atoms in total. The monoisotopic (exact) mass is 350 g/mol. The molecule has 0 amide bonds. The fourth-order valence-corrected chi connectivity index (χ4v) is 0.551. The minimum atomic E-state index is -2.17. The second kappa shape index (κ2) is 22.5. The van der Waals surface area contributed by atoms with Gasteiger partial charge < -0.3 is 60.3 Å². The van der Waals surface area contributed by atoms with E-state index in [2.05, 4.69) is 0 Å². The van der Waals surface area contributed by atoms with Crippen LogP contribution in [0.15, 0.2) is 24.3 Å². The van der Waals surface area contributed by atoms with Crippen molar-refractivity contribution in [1.29, 1.82) is 0 Å². The first kappa shape index (κ1) is 31.3. The number of hydrogen-bond acceptors (Lipinski definition) is 12. The second-order valence-corrected chi connectivity index (χ2v) is 3.13. The Morgan fingerprint density at radius 2 is 0.792 bits per heavy atom. The van der Waals surface area contributed by atoms with Crippen molar-refractivity contribution in [2.24, 2.45) is 0 Å². The molecule has 1 rings (SSSR count). The van der Waals surface area contributed by atoms with E-state index in [1.54, 1.807) is 29.8 Å². The van der Waals surface area contributed by atoms with Gasteiger partial charge in [-0.3, -0.25) is 0 Å². The van der Waals surface area contributed by atoms with Crippen molar-refractivity contribution in [3.8, 4) is 0 Å². The molecule has 0 spiro atoms. The Labute approximate surface area is 146 Å². The molecular weight excluding hydrogens is 333 g/mol. The fourth-order valence-electron chi connectivity index (χ4n) is 0.551. The van der Waals surface area contributed by atoms with Crippen LogP contribution in [0.5, 0.6) is 0 Å². The zero-order valence-electron chi connectivity index (χ0n) is 12.4. The van der Waals surface area contributed by atoms with Gasteiger partial charge in [0.15, 0.2) is 0 Å². The fraction of sp³-hybridized carbons (Fsp3) is 0. The molecule has 132 valence electrons. The van der Waals surface area contributed by atoms with E-state index >= 15 is 0 Å². The quantitative estimate of drug-likeness (QED) is 0.195. The molecule has 0 atom stereocenters. The molecule has 0 aliphatic heterocycles. The number of benzene rings is 1. The van der Waals surface area contributed by atoms with E-state index in [-0.39, 0.29) is 5.82 Å². The Bertz CT molecular complexity index is 306. The minimum absolute atomic E-state index is 0.132. The molecule has 0 heterocycles. The zero-order chi connectivity index (χ0) is 20.3. The van der Waals surface area contributed by atoms with Gasteiger partial charge in [0.05, 0.1) is 0 Å². The molecule has 1 aromatic rings. The standard InChI is InChI=1S/C6H4F.4BH3O3.Li/c7-6-4-2-1-3-5-6;4*2-1(3)4;/h1-4H;4*2-4H;. The molecule has 0 aliphatic rings. The van der Waals surface area contributed by atoms with E-state index in [0.29, 0.717) is 4.24 Å². The van der Waals surface area contributed by atoms with Crippen LogP contribution in [0.25, 0.3) is 0 Å². The molecule has 18 heteroatoms. The summed E-state index contributed by atoms with van der Waals surface area (Å²) >= 11 is 1.75. The van der Waals surface area contributed by atoms with Crippen LogP contribution in [0.1, 0.15) is 0 Å². The Hall–Kier alpha value is -0.473. The van der Waals surface area contributed by atoms with Gasteiger partial charge in [0.1, 0.15) is 0 Å². The van der Waals surface area contributed by atoms with Gasteiger partial charge in [0, 0.05) is 0 Å². The average Bonchev–Trinajstić information content (AvgIpc) is 2.30. The molecule has 1 aromatic carbocycles. The predicted octanol–water partition coefficient (Wildman–Crippen LogP) is -7.59. The predicted molar refractivity (Wildman–Crippen MR) is 81.4 cm³/mol. The summed E-state index contributed by atoms with van der Waals surface area (Å²) in [7, 11) is -8.67. The van der Waals surface area contributed by atoms with Crippen molar-refractivity contribution in [3.63, 3.8) is 0 Å². The van der Waals surface area contributed by atoms with Crippen LogP contribution in [-0.4, -0.2) is 107 Å². The SMILES string of the molecule is OB(O)O.OB(O)O.OB(O)O.OB(O)O.[Li][c]1ccccc1F. The molecule has 0 aliphatic carbocycles. The molecular formula is C6H16B4FLiO12. The third-order valence-electron chi connectivity index (χ3n) is 1.08. The van der Waals surface area contributed by atoms with Crippen molar-refractivity contribution in [2.45, 2.75) is 0 Å². The summed E-state index contributed by atoms with van der Waals surface area (Å²) in [5.74, 6) is -0.132. The molecule has 0 radical (unpaired) electrons. The van der Waals surface area contributed by atoms with E-state index < -0.39 is 29.3 Å². The van der Waals surface area contributed by atoms with Gasteiger partial charge in [0.25, 0.3) is 0 Å². The molecule has 0 saturated carbocycles. The normalized spacial score (nSPS) is 7.62. The topological polar surface area (TPSA) is 243 Å². The molecule has 12 N–H and O–H groups in total. The van der Waals surface area contributed by atoms with Crippen LogP contribution in [-0.2, 0) is 0 Å². The molecule has 0 saturated heterocycles. The van der Waals surface area contributed by atoms with E-state index in [1.165, 1.54) is 6.07 Å². The Balaban J connectivity index is -0.000000110. The molecule has 0 bridgehead atoms. The summed E-state index contributed by atoms with van der Waals surface area (Å²) in [6.45, 7) is 0. The van der Waals surface area contributed by atoms with Crippen LogP contribution in [0, 0.1) is 5.82 Å². The average molecular weight is 349 g/mol. The van der Waals surface area contributed by atoms with Crippen LogP contribution in [0.4, 0.5) is 4.39 Å². The van der Waals surface area contributed by atoms with E-state index in [0.717, 1.165) is 0 Å². The third kappa shape index (κ3) is 81.9. The maximum absolute atomic E-state index is 12.3. The van der Waals surface area contributed by atoms with Crippen LogP contribution >= 0.6 is 0 Å². The van der Waals surface area contributed by atoms with Gasteiger partial charge in [0.2, 0.25) is 0 Å². The molecule has 0 fully saturated rings. The van der Waals surface area contributed by atoms with Gasteiger partial charge >= 0.3 is 85.7 Å². The van der Waals surface area contributed by atoms with Crippen molar-refractivity contribution < 1.29 is 64.7 Å². The van der Waals surface area contributed by atoms with Crippen molar-refractivity contribution in [1.82, 2.24) is 0 Å². The summed E-state index contributed by atoms with van der Waals surface area (Å²) in [5, 5.41) is 86.0. The second-order valence-electron chi connectivity index (χ2n) is 3.13.